The first-order valence-electron chi connectivity index (χ1n) is 4.86. The molecule has 1 aliphatic rings. The SMILES string of the molecule is CN1CCCC1CCC(N)C(N)=O. The van der Waals surface area contributed by atoms with Gasteiger partial charge in [-0.25, -0.2) is 0 Å². The molecular formula is C9H19N3O. The van der Waals surface area contributed by atoms with E-state index in [1.165, 1.54) is 12.8 Å². The van der Waals surface area contributed by atoms with Crippen LogP contribution in [0.25, 0.3) is 0 Å². The summed E-state index contributed by atoms with van der Waals surface area (Å²) >= 11 is 0. The largest absolute Gasteiger partial charge is 0.368 e. The van der Waals surface area contributed by atoms with E-state index in [0.717, 1.165) is 13.0 Å². The molecule has 1 saturated heterocycles. The molecule has 0 bridgehead atoms. The van der Waals surface area contributed by atoms with E-state index in [-0.39, 0.29) is 5.91 Å². The van der Waals surface area contributed by atoms with E-state index in [2.05, 4.69) is 11.9 Å². The Morgan fingerprint density at radius 3 is 2.85 bits per heavy atom. The van der Waals surface area contributed by atoms with E-state index in [0.29, 0.717) is 12.5 Å². The van der Waals surface area contributed by atoms with Crippen molar-refractivity contribution in [3.05, 3.63) is 0 Å². The molecule has 0 radical (unpaired) electrons. The van der Waals surface area contributed by atoms with Crippen molar-refractivity contribution in [2.24, 2.45) is 11.5 Å². The number of nitrogens with zero attached hydrogens (tertiary/aromatic N) is 1. The second kappa shape index (κ2) is 4.58. The van der Waals surface area contributed by atoms with E-state index in [1.54, 1.807) is 0 Å². The van der Waals surface area contributed by atoms with Crippen LogP contribution < -0.4 is 11.5 Å². The zero-order valence-electron chi connectivity index (χ0n) is 8.20. The van der Waals surface area contributed by atoms with Crippen molar-refractivity contribution in [1.82, 2.24) is 4.90 Å². The number of primary amides is 1. The van der Waals surface area contributed by atoms with E-state index < -0.39 is 6.04 Å². The highest BCUT2D eigenvalue weighted by atomic mass is 16.1. The third kappa shape index (κ3) is 2.97. The molecular weight excluding hydrogens is 166 g/mol. The predicted molar refractivity (Wildman–Crippen MR) is 52.1 cm³/mol. The standard InChI is InChI=1S/C9H19N3O/c1-12-6-2-3-7(12)4-5-8(10)9(11)13/h7-8H,2-6,10H2,1H3,(H2,11,13). The van der Waals surface area contributed by atoms with Crippen LogP contribution in [0.15, 0.2) is 0 Å². The van der Waals surface area contributed by atoms with Crippen molar-refractivity contribution in [1.29, 1.82) is 0 Å². The molecule has 0 aromatic rings. The normalized spacial score (nSPS) is 26.2. The van der Waals surface area contributed by atoms with Crippen molar-refractivity contribution >= 4 is 5.91 Å². The molecule has 1 fully saturated rings. The first kappa shape index (κ1) is 10.5. The van der Waals surface area contributed by atoms with E-state index in [1.807, 2.05) is 0 Å². The minimum absolute atomic E-state index is 0.388. The molecule has 1 amide bonds. The van der Waals surface area contributed by atoms with Crippen molar-refractivity contribution in [3.63, 3.8) is 0 Å². The summed E-state index contributed by atoms with van der Waals surface area (Å²) in [6.07, 6.45) is 4.18. The number of carbonyl (C=O) groups excluding carboxylic acids is 1. The summed E-state index contributed by atoms with van der Waals surface area (Å²) in [5.74, 6) is -0.388. The Kier molecular flexibility index (Phi) is 3.69. The summed E-state index contributed by atoms with van der Waals surface area (Å²) < 4.78 is 0. The number of likely N-dealkylation sites (tertiary alicyclic amines) is 1. The van der Waals surface area contributed by atoms with E-state index >= 15 is 0 Å². The lowest BCUT2D eigenvalue weighted by atomic mass is 10.0. The number of hydrogen-bond donors (Lipinski definition) is 2. The van der Waals surface area contributed by atoms with Crippen molar-refractivity contribution in [2.75, 3.05) is 13.6 Å². The second-order valence-corrected chi connectivity index (χ2v) is 3.86. The summed E-state index contributed by atoms with van der Waals surface area (Å²) in [4.78, 5) is 13.0. The van der Waals surface area contributed by atoms with Crippen LogP contribution in [0, 0.1) is 0 Å². The molecule has 0 saturated carbocycles. The Bertz CT molecular complexity index is 184. The highest BCUT2D eigenvalue weighted by Crippen LogP contribution is 2.19. The van der Waals surface area contributed by atoms with Crippen LogP contribution in [0.4, 0.5) is 0 Å². The molecule has 76 valence electrons. The minimum atomic E-state index is -0.464. The zero-order valence-corrected chi connectivity index (χ0v) is 8.20. The lowest BCUT2D eigenvalue weighted by molar-refractivity contribution is -0.119. The predicted octanol–water partition coefficient (Wildman–Crippen LogP) is -0.327. The molecule has 2 atom stereocenters. The molecule has 4 heteroatoms. The first-order chi connectivity index (χ1) is 6.11. The Balaban J connectivity index is 2.22. The quantitative estimate of drug-likeness (QED) is 0.630. The van der Waals surface area contributed by atoms with Crippen molar-refractivity contribution < 1.29 is 4.79 Å². The van der Waals surface area contributed by atoms with Gasteiger partial charge in [-0.05, 0) is 39.3 Å². The Morgan fingerprint density at radius 2 is 2.38 bits per heavy atom. The van der Waals surface area contributed by atoms with Crippen LogP contribution in [0.3, 0.4) is 0 Å². The van der Waals surface area contributed by atoms with Gasteiger partial charge in [0.05, 0.1) is 6.04 Å². The summed E-state index contributed by atoms with van der Waals surface area (Å²) in [5, 5.41) is 0. The van der Waals surface area contributed by atoms with Crippen LogP contribution in [0.5, 0.6) is 0 Å². The molecule has 0 aliphatic carbocycles. The van der Waals surface area contributed by atoms with Crippen LogP contribution in [0.1, 0.15) is 25.7 Å². The van der Waals surface area contributed by atoms with Crippen LogP contribution in [-0.2, 0) is 4.79 Å². The molecule has 1 rings (SSSR count). The van der Waals surface area contributed by atoms with Crippen molar-refractivity contribution in [2.45, 2.75) is 37.8 Å². The van der Waals surface area contributed by atoms with Gasteiger partial charge < -0.3 is 16.4 Å². The molecule has 1 heterocycles. The maximum atomic E-state index is 10.7. The number of hydrogen-bond acceptors (Lipinski definition) is 3. The van der Waals surface area contributed by atoms with Crippen molar-refractivity contribution in [3.8, 4) is 0 Å². The fourth-order valence-electron chi connectivity index (χ4n) is 1.86. The van der Waals surface area contributed by atoms with Crippen LogP contribution in [-0.4, -0.2) is 36.5 Å². The number of rotatable bonds is 4. The van der Waals surface area contributed by atoms with Gasteiger partial charge in [-0.3, -0.25) is 4.79 Å². The third-order valence-corrected chi connectivity index (χ3v) is 2.85. The molecule has 0 aromatic carbocycles. The second-order valence-electron chi connectivity index (χ2n) is 3.86. The summed E-state index contributed by atoms with van der Waals surface area (Å²) in [5.41, 5.74) is 10.6. The van der Waals surface area contributed by atoms with Gasteiger partial charge >= 0.3 is 0 Å². The van der Waals surface area contributed by atoms with E-state index in [9.17, 15) is 4.79 Å². The average molecular weight is 185 g/mol. The van der Waals surface area contributed by atoms with Gasteiger partial charge in [-0.15, -0.1) is 0 Å². The minimum Gasteiger partial charge on any atom is -0.368 e. The topological polar surface area (TPSA) is 72.3 Å². The zero-order chi connectivity index (χ0) is 9.84. The Labute approximate surface area is 79.3 Å². The summed E-state index contributed by atoms with van der Waals surface area (Å²) in [6.45, 7) is 1.16. The lowest BCUT2D eigenvalue weighted by Crippen LogP contribution is -2.37. The van der Waals surface area contributed by atoms with E-state index in [4.69, 9.17) is 11.5 Å². The van der Waals surface area contributed by atoms with Crippen LogP contribution in [0.2, 0.25) is 0 Å². The van der Waals surface area contributed by atoms with Gasteiger partial charge in [-0.1, -0.05) is 0 Å². The lowest BCUT2D eigenvalue weighted by Gasteiger charge is -2.20. The van der Waals surface area contributed by atoms with Gasteiger partial charge in [0.15, 0.2) is 0 Å². The van der Waals surface area contributed by atoms with Gasteiger partial charge in [0.2, 0.25) is 5.91 Å². The first-order valence-corrected chi connectivity index (χ1v) is 4.86. The van der Waals surface area contributed by atoms with Crippen LogP contribution >= 0.6 is 0 Å². The Morgan fingerprint density at radius 1 is 1.69 bits per heavy atom. The highest BCUT2D eigenvalue weighted by molar-refractivity contribution is 5.79. The van der Waals surface area contributed by atoms with Gasteiger partial charge in [-0.2, -0.15) is 0 Å². The molecule has 4 nitrogen and oxygen atoms in total. The number of carbonyl (C=O) groups is 1. The molecule has 1 aliphatic heterocycles. The highest BCUT2D eigenvalue weighted by Gasteiger charge is 2.21. The molecule has 13 heavy (non-hydrogen) atoms. The fourth-order valence-corrected chi connectivity index (χ4v) is 1.86. The molecule has 0 aromatic heterocycles. The third-order valence-electron chi connectivity index (χ3n) is 2.85. The summed E-state index contributed by atoms with van der Waals surface area (Å²) in [7, 11) is 2.12. The molecule has 4 N–H and O–H groups in total. The smallest absolute Gasteiger partial charge is 0.234 e. The number of nitrogens with two attached hydrogens (primary N) is 2. The van der Waals surface area contributed by atoms with Gasteiger partial charge in [0.1, 0.15) is 0 Å². The summed E-state index contributed by atoms with van der Waals surface area (Å²) in [6, 6.07) is 0.138. The Hall–Kier alpha value is -0.610. The maximum absolute atomic E-state index is 10.7. The maximum Gasteiger partial charge on any atom is 0.234 e. The number of amides is 1. The monoisotopic (exact) mass is 185 g/mol. The average Bonchev–Trinajstić information content (AvgIpc) is 2.47. The molecule has 2 unspecified atom stereocenters. The fraction of sp³-hybridized carbons (Fsp3) is 0.889. The van der Waals surface area contributed by atoms with Gasteiger partial charge in [0.25, 0.3) is 0 Å². The molecule has 0 spiro atoms. The van der Waals surface area contributed by atoms with Gasteiger partial charge in [0, 0.05) is 6.04 Å².